The molecule has 0 aliphatic rings. The van der Waals surface area contributed by atoms with E-state index in [-0.39, 0.29) is 18.2 Å². The second-order valence-corrected chi connectivity index (χ2v) is 5.84. The Labute approximate surface area is 158 Å². The monoisotopic (exact) mass is 383 g/mol. The summed E-state index contributed by atoms with van der Waals surface area (Å²) in [7, 11) is 0. The number of nitrogens with two attached hydrogens (primary N) is 1. The zero-order chi connectivity index (χ0) is 19.5. The first-order valence-electron chi connectivity index (χ1n) is 8.33. The van der Waals surface area contributed by atoms with E-state index in [0.717, 1.165) is 5.56 Å². The highest BCUT2D eigenvalue weighted by molar-refractivity contribution is 5.70. The van der Waals surface area contributed by atoms with Gasteiger partial charge in [-0.2, -0.15) is 8.78 Å². The van der Waals surface area contributed by atoms with E-state index in [1.54, 1.807) is 22.9 Å². The summed E-state index contributed by atoms with van der Waals surface area (Å²) in [4.78, 5) is 4.16. The lowest BCUT2D eigenvalue weighted by Gasteiger charge is -2.14. The lowest BCUT2D eigenvalue weighted by Crippen LogP contribution is -2.06. The summed E-state index contributed by atoms with van der Waals surface area (Å²) in [5.41, 5.74) is 7.70. The molecule has 0 fully saturated rings. The van der Waals surface area contributed by atoms with E-state index in [4.69, 9.17) is 10.5 Å². The molecule has 0 amide bonds. The largest absolute Gasteiger partial charge is 0.488 e. The standard InChI is InChI=1S/C19H15F2N5O2/c20-19(21)28-13-6-7-14(15(10-13)27-11-12-4-2-1-3-5-12)17-25-24-16(22)18-23-8-9-26(17)18/h1-10,19H,11H2,(H2,22,24). The van der Waals surface area contributed by atoms with Crippen LogP contribution >= 0.6 is 0 Å². The highest BCUT2D eigenvalue weighted by Gasteiger charge is 2.17. The quantitative estimate of drug-likeness (QED) is 0.548. The minimum absolute atomic E-state index is 0.0212. The lowest BCUT2D eigenvalue weighted by molar-refractivity contribution is -0.0499. The van der Waals surface area contributed by atoms with Crippen molar-refractivity contribution < 1.29 is 18.3 Å². The first-order chi connectivity index (χ1) is 13.6. The topological polar surface area (TPSA) is 87.6 Å². The Hall–Kier alpha value is -3.75. The van der Waals surface area contributed by atoms with Crippen LogP contribution in [0, 0.1) is 0 Å². The summed E-state index contributed by atoms with van der Waals surface area (Å²) in [6.45, 7) is -2.70. The van der Waals surface area contributed by atoms with Gasteiger partial charge in [-0.15, -0.1) is 10.2 Å². The summed E-state index contributed by atoms with van der Waals surface area (Å²) in [5.74, 6) is 0.884. The highest BCUT2D eigenvalue weighted by atomic mass is 19.3. The molecule has 0 radical (unpaired) electrons. The van der Waals surface area contributed by atoms with Crippen LogP contribution < -0.4 is 15.2 Å². The number of aromatic nitrogens is 4. The van der Waals surface area contributed by atoms with Gasteiger partial charge in [-0.1, -0.05) is 30.3 Å². The van der Waals surface area contributed by atoms with E-state index in [2.05, 4.69) is 19.9 Å². The number of ether oxygens (including phenoxy) is 2. The van der Waals surface area contributed by atoms with E-state index < -0.39 is 6.61 Å². The number of fused-ring (bicyclic) bond motifs is 1. The number of rotatable bonds is 6. The molecule has 0 aliphatic carbocycles. The van der Waals surface area contributed by atoms with Gasteiger partial charge < -0.3 is 15.2 Å². The Balaban J connectivity index is 1.76. The third-order valence-electron chi connectivity index (χ3n) is 4.01. The van der Waals surface area contributed by atoms with Crippen molar-refractivity contribution in [2.45, 2.75) is 13.2 Å². The molecule has 0 saturated heterocycles. The molecular weight excluding hydrogens is 368 g/mol. The number of hydrogen-bond acceptors (Lipinski definition) is 6. The van der Waals surface area contributed by atoms with Gasteiger partial charge in [0.05, 0.1) is 5.56 Å². The van der Waals surface area contributed by atoms with Crippen molar-refractivity contribution >= 4 is 11.5 Å². The molecule has 142 valence electrons. The minimum Gasteiger partial charge on any atom is -0.488 e. The number of alkyl halides is 2. The number of imidazole rings is 1. The zero-order valence-electron chi connectivity index (χ0n) is 14.5. The molecule has 0 aliphatic heterocycles. The lowest BCUT2D eigenvalue weighted by atomic mass is 10.1. The third-order valence-corrected chi connectivity index (χ3v) is 4.01. The molecule has 2 aromatic heterocycles. The van der Waals surface area contributed by atoms with Gasteiger partial charge in [0.25, 0.3) is 0 Å². The Bertz CT molecular complexity index is 1100. The van der Waals surface area contributed by atoms with Crippen molar-refractivity contribution in [2.24, 2.45) is 0 Å². The van der Waals surface area contributed by atoms with Crippen LogP contribution in [0.25, 0.3) is 17.0 Å². The van der Waals surface area contributed by atoms with Crippen LogP contribution in [-0.2, 0) is 6.61 Å². The number of nitrogens with zero attached hydrogens (tertiary/aromatic N) is 4. The maximum Gasteiger partial charge on any atom is 0.387 e. The van der Waals surface area contributed by atoms with Gasteiger partial charge >= 0.3 is 6.61 Å². The Kier molecular flexibility index (Phi) is 4.71. The van der Waals surface area contributed by atoms with Crippen molar-refractivity contribution in [3.05, 3.63) is 66.5 Å². The number of hydrogen-bond donors (Lipinski definition) is 1. The zero-order valence-corrected chi connectivity index (χ0v) is 14.5. The van der Waals surface area contributed by atoms with Crippen LogP contribution in [-0.4, -0.2) is 26.2 Å². The van der Waals surface area contributed by atoms with Gasteiger partial charge in [0.1, 0.15) is 18.1 Å². The van der Waals surface area contributed by atoms with Crippen LogP contribution in [0.2, 0.25) is 0 Å². The predicted molar refractivity (Wildman–Crippen MR) is 98.0 cm³/mol. The highest BCUT2D eigenvalue weighted by Crippen LogP contribution is 2.34. The molecule has 0 unspecified atom stereocenters. The fourth-order valence-electron chi connectivity index (χ4n) is 2.76. The molecule has 0 bridgehead atoms. The Morgan fingerprint density at radius 2 is 1.89 bits per heavy atom. The predicted octanol–water partition coefficient (Wildman–Crippen LogP) is 3.55. The van der Waals surface area contributed by atoms with Crippen molar-refractivity contribution in [3.63, 3.8) is 0 Å². The van der Waals surface area contributed by atoms with Gasteiger partial charge in [0.15, 0.2) is 17.3 Å². The van der Waals surface area contributed by atoms with Crippen LogP contribution in [0.15, 0.2) is 60.9 Å². The summed E-state index contributed by atoms with van der Waals surface area (Å²) in [6, 6.07) is 13.9. The second kappa shape index (κ2) is 7.47. The normalized spacial score (nSPS) is 11.1. The fourth-order valence-corrected chi connectivity index (χ4v) is 2.76. The molecule has 0 saturated carbocycles. The van der Waals surface area contributed by atoms with Crippen molar-refractivity contribution in [1.82, 2.24) is 19.6 Å². The van der Waals surface area contributed by atoms with Crippen molar-refractivity contribution in [1.29, 1.82) is 0 Å². The molecular formula is C19H15F2N5O2. The molecule has 2 N–H and O–H groups in total. The van der Waals surface area contributed by atoms with Gasteiger partial charge in [0.2, 0.25) is 0 Å². The number of nitrogen functional groups attached to an aromatic ring is 1. The van der Waals surface area contributed by atoms with E-state index >= 15 is 0 Å². The van der Waals surface area contributed by atoms with E-state index in [9.17, 15) is 8.78 Å². The second-order valence-electron chi connectivity index (χ2n) is 5.84. The summed E-state index contributed by atoms with van der Waals surface area (Å²) in [6.07, 6.45) is 3.25. The maximum absolute atomic E-state index is 12.6. The number of benzene rings is 2. The number of halogens is 2. The molecule has 7 nitrogen and oxygen atoms in total. The first-order valence-corrected chi connectivity index (χ1v) is 8.33. The van der Waals surface area contributed by atoms with Gasteiger partial charge in [-0.25, -0.2) is 4.98 Å². The molecule has 9 heteroatoms. The van der Waals surface area contributed by atoms with Crippen LogP contribution in [0.3, 0.4) is 0 Å². The first kappa shape index (κ1) is 17.7. The van der Waals surface area contributed by atoms with Crippen molar-refractivity contribution in [3.8, 4) is 22.9 Å². The van der Waals surface area contributed by atoms with Gasteiger partial charge in [-0.05, 0) is 17.7 Å². The maximum atomic E-state index is 12.6. The average Bonchev–Trinajstić information content (AvgIpc) is 3.18. The SMILES string of the molecule is Nc1nnc(-c2ccc(OC(F)F)cc2OCc2ccccc2)n2ccnc12. The summed E-state index contributed by atoms with van der Waals surface area (Å²) in [5, 5.41) is 8.06. The van der Waals surface area contributed by atoms with Gasteiger partial charge in [0, 0.05) is 18.5 Å². The summed E-state index contributed by atoms with van der Waals surface area (Å²) >= 11 is 0. The summed E-state index contributed by atoms with van der Waals surface area (Å²) < 4.78 is 37.3. The Morgan fingerprint density at radius 3 is 2.68 bits per heavy atom. The van der Waals surface area contributed by atoms with Crippen LogP contribution in [0.1, 0.15) is 5.56 Å². The van der Waals surface area contributed by atoms with Crippen LogP contribution in [0.5, 0.6) is 11.5 Å². The van der Waals surface area contributed by atoms with E-state index in [1.807, 2.05) is 30.3 Å². The molecule has 4 aromatic rings. The fraction of sp³-hybridized carbons (Fsp3) is 0.105. The number of anilines is 1. The third kappa shape index (κ3) is 3.54. The van der Waals surface area contributed by atoms with E-state index in [1.165, 1.54) is 12.1 Å². The smallest absolute Gasteiger partial charge is 0.387 e. The molecule has 0 spiro atoms. The molecule has 2 aromatic carbocycles. The van der Waals surface area contributed by atoms with E-state index in [0.29, 0.717) is 22.8 Å². The average molecular weight is 383 g/mol. The van der Waals surface area contributed by atoms with Crippen LogP contribution in [0.4, 0.5) is 14.6 Å². The molecule has 2 heterocycles. The minimum atomic E-state index is -2.94. The van der Waals surface area contributed by atoms with Gasteiger partial charge in [-0.3, -0.25) is 4.40 Å². The van der Waals surface area contributed by atoms with Crippen molar-refractivity contribution in [2.75, 3.05) is 5.73 Å². The Morgan fingerprint density at radius 1 is 1.07 bits per heavy atom. The molecule has 4 rings (SSSR count). The molecule has 28 heavy (non-hydrogen) atoms. The molecule has 0 atom stereocenters.